The van der Waals surface area contributed by atoms with Crippen LogP contribution in [0.1, 0.15) is 31.2 Å². The molecule has 1 aromatic rings. The van der Waals surface area contributed by atoms with E-state index in [1.54, 1.807) is 6.07 Å². The van der Waals surface area contributed by atoms with Crippen LogP contribution >= 0.6 is 15.9 Å². The second kappa shape index (κ2) is 5.33. The SMILES string of the molecule is CC(=O)C1C(=O)CC(c2ccc(F)cc2Br)CC1=O. The van der Waals surface area contributed by atoms with Crippen LogP contribution in [0.5, 0.6) is 0 Å². The Labute approximate surface area is 118 Å². The van der Waals surface area contributed by atoms with Gasteiger partial charge in [-0.3, -0.25) is 14.4 Å². The van der Waals surface area contributed by atoms with Crippen LogP contribution in [-0.4, -0.2) is 17.3 Å². The smallest absolute Gasteiger partial charge is 0.151 e. The molecule has 19 heavy (non-hydrogen) atoms. The lowest BCUT2D eigenvalue weighted by atomic mass is 9.75. The predicted molar refractivity (Wildman–Crippen MR) is 70.3 cm³/mol. The highest BCUT2D eigenvalue weighted by molar-refractivity contribution is 9.10. The largest absolute Gasteiger partial charge is 0.299 e. The number of hydrogen-bond donors (Lipinski definition) is 0. The van der Waals surface area contributed by atoms with E-state index in [-0.39, 0.29) is 36.1 Å². The summed E-state index contributed by atoms with van der Waals surface area (Å²) in [5.41, 5.74) is 0.727. The number of carbonyl (C=O) groups is 3. The van der Waals surface area contributed by atoms with Crippen molar-refractivity contribution in [3.05, 3.63) is 34.1 Å². The molecule has 1 saturated carbocycles. The van der Waals surface area contributed by atoms with Crippen molar-refractivity contribution < 1.29 is 18.8 Å². The van der Waals surface area contributed by atoms with E-state index in [1.165, 1.54) is 19.1 Å². The summed E-state index contributed by atoms with van der Waals surface area (Å²) in [5, 5.41) is 0. The van der Waals surface area contributed by atoms with E-state index in [0.717, 1.165) is 5.56 Å². The van der Waals surface area contributed by atoms with Crippen molar-refractivity contribution in [2.75, 3.05) is 0 Å². The Morgan fingerprint density at radius 3 is 2.32 bits per heavy atom. The van der Waals surface area contributed by atoms with E-state index >= 15 is 0 Å². The van der Waals surface area contributed by atoms with Crippen LogP contribution in [0.15, 0.2) is 22.7 Å². The Bertz CT molecular complexity index is 550. The molecule has 0 spiro atoms. The molecule has 5 heteroatoms. The molecule has 0 radical (unpaired) electrons. The zero-order chi connectivity index (χ0) is 14.2. The van der Waals surface area contributed by atoms with Crippen LogP contribution in [0.2, 0.25) is 0 Å². The van der Waals surface area contributed by atoms with Gasteiger partial charge in [0.2, 0.25) is 0 Å². The average Bonchev–Trinajstić information content (AvgIpc) is 2.26. The van der Waals surface area contributed by atoms with Crippen LogP contribution in [0.25, 0.3) is 0 Å². The lowest BCUT2D eigenvalue weighted by Gasteiger charge is -2.25. The molecule has 1 aromatic carbocycles. The summed E-state index contributed by atoms with van der Waals surface area (Å²) in [6.45, 7) is 1.26. The van der Waals surface area contributed by atoms with Gasteiger partial charge in [0.05, 0.1) is 0 Å². The van der Waals surface area contributed by atoms with Gasteiger partial charge in [0.1, 0.15) is 17.5 Å². The second-order valence-corrected chi connectivity index (χ2v) is 5.60. The molecule has 0 bridgehead atoms. The highest BCUT2D eigenvalue weighted by Gasteiger charge is 2.39. The van der Waals surface area contributed by atoms with Gasteiger partial charge in [-0.2, -0.15) is 0 Å². The zero-order valence-electron chi connectivity index (χ0n) is 10.3. The van der Waals surface area contributed by atoms with Crippen molar-refractivity contribution in [2.45, 2.75) is 25.7 Å². The summed E-state index contributed by atoms with van der Waals surface area (Å²) in [6, 6.07) is 4.17. The van der Waals surface area contributed by atoms with E-state index in [1.807, 2.05) is 0 Å². The third-order valence-electron chi connectivity index (χ3n) is 3.35. The summed E-state index contributed by atoms with van der Waals surface area (Å²) in [6.07, 6.45) is 0.278. The third kappa shape index (κ3) is 2.81. The van der Waals surface area contributed by atoms with E-state index in [4.69, 9.17) is 0 Å². The molecule has 1 aliphatic rings. The lowest BCUT2D eigenvalue weighted by molar-refractivity contribution is -0.141. The summed E-state index contributed by atoms with van der Waals surface area (Å²) in [7, 11) is 0. The molecule has 0 aromatic heterocycles. The number of hydrogen-bond acceptors (Lipinski definition) is 3. The Hall–Kier alpha value is -1.36. The molecule has 0 N–H and O–H groups in total. The maximum absolute atomic E-state index is 13.0. The van der Waals surface area contributed by atoms with E-state index in [2.05, 4.69) is 15.9 Å². The standard InChI is InChI=1S/C14H12BrFO3/c1-7(17)14-12(18)4-8(5-13(14)19)10-3-2-9(16)6-11(10)15/h2-3,6,8,14H,4-5H2,1H3. The fourth-order valence-corrected chi connectivity index (χ4v) is 3.15. The summed E-state index contributed by atoms with van der Waals surface area (Å²) >= 11 is 3.24. The molecule has 1 fully saturated rings. The van der Waals surface area contributed by atoms with Crippen molar-refractivity contribution >= 4 is 33.3 Å². The summed E-state index contributed by atoms with van der Waals surface area (Å²) in [4.78, 5) is 35.0. The quantitative estimate of drug-likeness (QED) is 0.785. The van der Waals surface area contributed by atoms with Gasteiger partial charge in [-0.05, 0) is 30.5 Å². The van der Waals surface area contributed by atoms with Gasteiger partial charge in [-0.1, -0.05) is 22.0 Å². The van der Waals surface area contributed by atoms with Crippen molar-refractivity contribution in [2.24, 2.45) is 5.92 Å². The Balaban J connectivity index is 2.28. The first-order chi connectivity index (χ1) is 8.90. The Kier molecular flexibility index (Phi) is 3.94. The van der Waals surface area contributed by atoms with E-state index in [9.17, 15) is 18.8 Å². The normalized spacial score (nSPS) is 23.5. The molecule has 0 heterocycles. The zero-order valence-corrected chi connectivity index (χ0v) is 11.9. The fourth-order valence-electron chi connectivity index (χ4n) is 2.48. The van der Waals surface area contributed by atoms with E-state index in [0.29, 0.717) is 4.47 Å². The van der Waals surface area contributed by atoms with Crippen LogP contribution in [0.4, 0.5) is 4.39 Å². The van der Waals surface area contributed by atoms with Gasteiger partial charge in [0.15, 0.2) is 11.6 Å². The maximum atomic E-state index is 13.0. The van der Waals surface area contributed by atoms with Crippen molar-refractivity contribution in [3.63, 3.8) is 0 Å². The van der Waals surface area contributed by atoms with Crippen LogP contribution in [-0.2, 0) is 14.4 Å². The number of carbonyl (C=O) groups excluding carboxylic acids is 3. The third-order valence-corrected chi connectivity index (χ3v) is 4.03. The van der Waals surface area contributed by atoms with Crippen molar-refractivity contribution in [1.29, 1.82) is 0 Å². The van der Waals surface area contributed by atoms with Crippen molar-refractivity contribution in [1.82, 2.24) is 0 Å². The molecule has 0 saturated heterocycles. The molecule has 1 aliphatic carbocycles. The summed E-state index contributed by atoms with van der Waals surface area (Å²) < 4.78 is 13.6. The van der Waals surface area contributed by atoms with Crippen LogP contribution < -0.4 is 0 Å². The van der Waals surface area contributed by atoms with Crippen LogP contribution in [0, 0.1) is 11.7 Å². The average molecular weight is 327 g/mol. The Morgan fingerprint density at radius 1 is 1.26 bits per heavy atom. The van der Waals surface area contributed by atoms with Crippen molar-refractivity contribution in [3.8, 4) is 0 Å². The first-order valence-electron chi connectivity index (χ1n) is 5.91. The highest BCUT2D eigenvalue weighted by Crippen LogP contribution is 2.36. The minimum Gasteiger partial charge on any atom is -0.299 e. The van der Waals surface area contributed by atoms with Crippen LogP contribution in [0.3, 0.4) is 0 Å². The number of halogens is 2. The topological polar surface area (TPSA) is 51.2 Å². The molecular formula is C14H12BrFO3. The van der Waals surface area contributed by atoms with Gasteiger partial charge in [-0.15, -0.1) is 0 Å². The monoisotopic (exact) mass is 326 g/mol. The van der Waals surface area contributed by atoms with E-state index < -0.39 is 11.7 Å². The molecule has 0 atom stereocenters. The number of ketones is 3. The number of benzene rings is 1. The predicted octanol–water partition coefficient (Wildman–Crippen LogP) is 2.81. The molecular weight excluding hydrogens is 315 g/mol. The van der Waals surface area contributed by atoms with Gasteiger partial charge in [0.25, 0.3) is 0 Å². The first kappa shape index (κ1) is 14.1. The van der Waals surface area contributed by atoms with Gasteiger partial charge < -0.3 is 0 Å². The maximum Gasteiger partial charge on any atom is 0.151 e. The van der Waals surface area contributed by atoms with Gasteiger partial charge >= 0.3 is 0 Å². The Morgan fingerprint density at radius 2 is 1.84 bits per heavy atom. The summed E-state index contributed by atoms with van der Waals surface area (Å²) in [5.74, 6) is -2.85. The molecule has 0 unspecified atom stereocenters. The number of rotatable bonds is 2. The van der Waals surface area contributed by atoms with Gasteiger partial charge in [-0.25, -0.2) is 4.39 Å². The second-order valence-electron chi connectivity index (χ2n) is 4.75. The molecule has 2 rings (SSSR count). The fraction of sp³-hybridized carbons (Fsp3) is 0.357. The molecule has 0 aliphatic heterocycles. The molecule has 100 valence electrons. The lowest BCUT2D eigenvalue weighted by Crippen LogP contribution is -2.37. The number of Topliss-reactive ketones (excluding diaryl/α,β-unsaturated/α-hetero) is 3. The highest BCUT2D eigenvalue weighted by atomic mass is 79.9. The van der Waals surface area contributed by atoms with Gasteiger partial charge in [0, 0.05) is 17.3 Å². The minimum absolute atomic E-state index is 0.139. The molecule has 3 nitrogen and oxygen atoms in total. The molecule has 0 amide bonds. The minimum atomic E-state index is -1.10. The first-order valence-corrected chi connectivity index (χ1v) is 6.70.